The minimum atomic E-state index is -3.27. The van der Waals surface area contributed by atoms with Crippen molar-refractivity contribution in [3.8, 4) is 5.75 Å². The molecule has 0 aliphatic rings. The average molecular weight is 453 g/mol. The number of benzene rings is 1. The highest BCUT2D eigenvalue weighted by Gasteiger charge is 2.18. The van der Waals surface area contributed by atoms with E-state index in [1.165, 1.54) is 16.8 Å². The molecule has 2 atom stereocenters. The summed E-state index contributed by atoms with van der Waals surface area (Å²) in [6.45, 7) is 6.92. The summed E-state index contributed by atoms with van der Waals surface area (Å²) in [7, 11) is -3.27. The van der Waals surface area contributed by atoms with Crippen LogP contribution in [0.3, 0.4) is 0 Å². The maximum absolute atomic E-state index is 12.5. The third kappa shape index (κ3) is 8.70. The maximum Gasteiger partial charge on any atom is 0.330 e. The second-order valence-corrected chi connectivity index (χ2v) is 10.1. The number of hydrogen-bond donors (Lipinski definition) is 1. The van der Waals surface area contributed by atoms with E-state index in [0.29, 0.717) is 18.9 Å². The zero-order valence-corrected chi connectivity index (χ0v) is 19.2. The fourth-order valence-corrected chi connectivity index (χ4v) is 4.60. The summed E-state index contributed by atoms with van der Waals surface area (Å²) < 4.78 is 37.4. The van der Waals surface area contributed by atoms with Gasteiger partial charge in [-0.1, -0.05) is 39.3 Å². The summed E-state index contributed by atoms with van der Waals surface area (Å²) in [4.78, 5) is 24.7. The summed E-state index contributed by atoms with van der Waals surface area (Å²) in [5.74, 6) is 1.11. The smallest absolute Gasteiger partial charge is 0.330 e. The molecule has 8 nitrogen and oxygen atoms in total. The normalized spacial score (nSPS) is 13.6. The fourth-order valence-electron chi connectivity index (χ4n) is 2.92. The van der Waals surface area contributed by atoms with Crippen LogP contribution in [0.15, 0.2) is 46.1 Å². The van der Waals surface area contributed by atoms with E-state index in [1.807, 2.05) is 31.2 Å². The summed E-state index contributed by atoms with van der Waals surface area (Å²) in [5, 5.41) is 0. The summed E-state index contributed by atoms with van der Waals surface area (Å²) in [6, 6.07) is 8.82. The third-order valence-corrected chi connectivity index (χ3v) is 6.95. The van der Waals surface area contributed by atoms with Crippen LogP contribution < -0.4 is 16.0 Å². The Balaban J connectivity index is 1.79. The molecule has 0 amide bonds. The van der Waals surface area contributed by atoms with Gasteiger partial charge in [-0.15, -0.1) is 0 Å². The molecule has 1 N–H and O–H groups in total. The summed E-state index contributed by atoms with van der Waals surface area (Å²) in [5.41, 5.74) is -0.114. The predicted octanol–water partition coefficient (Wildman–Crippen LogP) is 2.54. The van der Waals surface area contributed by atoms with E-state index in [2.05, 4.69) is 18.8 Å². The second kappa shape index (κ2) is 11.9. The lowest BCUT2D eigenvalue weighted by atomic mass is 10.0. The van der Waals surface area contributed by atoms with Gasteiger partial charge in [0.05, 0.1) is 18.1 Å². The first-order valence-electron chi connectivity index (χ1n) is 10.5. The molecule has 1 aromatic heterocycles. The van der Waals surface area contributed by atoms with Crippen molar-refractivity contribution in [2.24, 2.45) is 5.92 Å². The van der Waals surface area contributed by atoms with E-state index in [4.69, 9.17) is 9.47 Å². The lowest BCUT2D eigenvalue weighted by Crippen LogP contribution is -2.29. The number of sulfone groups is 1. The number of aromatic nitrogens is 2. The van der Waals surface area contributed by atoms with Crippen molar-refractivity contribution in [3.63, 3.8) is 0 Å². The zero-order valence-electron chi connectivity index (χ0n) is 18.4. The molecule has 0 saturated heterocycles. The molecule has 1 heterocycles. The monoisotopic (exact) mass is 452 g/mol. The minimum absolute atomic E-state index is 0.00205. The highest BCUT2D eigenvalue weighted by molar-refractivity contribution is 7.91. The van der Waals surface area contributed by atoms with Gasteiger partial charge in [-0.2, -0.15) is 0 Å². The molecule has 0 aliphatic carbocycles. The van der Waals surface area contributed by atoms with Crippen LogP contribution in [0.5, 0.6) is 5.75 Å². The van der Waals surface area contributed by atoms with Crippen molar-refractivity contribution in [1.82, 2.24) is 9.55 Å². The van der Waals surface area contributed by atoms with Crippen LogP contribution in [0.2, 0.25) is 0 Å². The van der Waals surface area contributed by atoms with Crippen molar-refractivity contribution in [1.29, 1.82) is 0 Å². The van der Waals surface area contributed by atoms with Gasteiger partial charge >= 0.3 is 5.69 Å². The first-order valence-corrected chi connectivity index (χ1v) is 12.3. The minimum Gasteiger partial charge on any atom is -0.493 e. The largest absolute Gasteiger partial charge is 0.493 e. The molecule has 9 heteroatoms. The topological polar surface area (TPSA) is 107 Å². The lowest BCUT2D eigenvalue weighted by molar-refractivity contribution is 0.0745. The molecule has 0 saturated carbocycles. The van der Waals surface area contributed by atoms with Gasteiger partial charge in [0.25, 0.3) is 5.56 Å². The predicted molar refractivity (Wildman–Crippen MR) is 120 cm³/mol. The molecule has 0 spiro atoms. The third-order valence-electron chi connectivity index (χ3n) is 5.03. The Bertz CT molecular complexity index is 1040. The molecular weight excluding hydrogens is 420 g/mol. The van der Waals surface area contributed by atoms with E-state index in [-0.39, 0.29) is 30.8 Å². The molecule has 0 fully saturated rings. The van der Waals surface area contributed by atoms with Gasteiger partial charge < -0.3 is 9.47 Å². The van der Waals surface area contributed by atoms with Crippen LogP contribution in [0.4, 0.5) is 0 Å². The fraction of sp³-hybridized carbons (Fsp3) is 0.545. The van der Waals surface area contributed by atoms with Crippen LogP contribution in [0.25, 0.3) is 0 Å². The van der Waals surface area contributed by atoms with Crippen LogP contribution in [0, 0.1) is 5.92 Å². The van der Waals surface area contributed by atoms with Gasteiger partial charge in [0.2, 0.25) is 0 Å². The van der Waals surface area contributed by atoms with E-state index in [9.17, 15) is 18.0 Å². The number of H-pyrrole nitrogens is 1. The van der Waals surface area contributed by atoms with Crippen LogP contribution in [-0.4, -0.2) is 42.7 Å². The number of nitrogens with zero attached hydrogens (tertiary/aromatic N) is 1. The average Bonchev–Trinajstić information content (AvgIpc) is 2.73. The van der Waals surface area contributed by atoms with Crippen molar-refractivity contribution in [2.45, 2.75) is 46.3 Å². The Morgan fingerprint density at radius 2 is 1.94 bits per heavy atom. The van der Waals surface area contributed by atoms with Gasteiger partial charge in [0.1, 0.15) is 12.5 Å². The second-order valence-electron chi connectivity index (χ2n) is 7.88. The molecule has 31 heavy (non-hydrogen) atoms. The van der Waals surface area contributed by atoms with E-state index in [0.717, 1.165) is 17.7 Å². The Morgan fingerprint density at radius 1 is 1.16 bits per heavy atom. The Morgan fingerprint density at radius 3 is 2.65 bits per heavy atom. The van der Waals surface area contributed by atoms with Crippen molar-refractivity contribution >= 4 is 9.84 Å². The highest BCUT2D eigenvalue weighted by Crippen LogP contribution is 2.23. The first-order chi connectivity index (χ1) is 14.7. The molecule has 2 aromatic rings. The Kier molecular flexibility index (Phi) is 9.51. The van der Waals surface area contributed by atoms with E-state index in [1.54, 1.807) is 0 Å². The van der Waals surface area contributed by atoms with Crippen LogP contribution in [-0.2, 0) is 21.3 Å². The SMILES string of the molecule is CC[C@H](C)COc1cccc([C@@H](C)CS(=O)(=O)CCCOCn2ccc(=O)[nH]c2=O)c1. The molecule has 0 bridgehead atoms. The van der Waals surface area contributed by atoms with Gasteiger partial charge in [-0.3, -0.25) is 14.3 Å². The highest BCUT2D eigenvalue weighted by atomic mass is 32.2. The molecule has 2 rings (SSSR count). The number of nitrogens with one attached hydrogen (secondary N) is 1. The van der Waals surface area contributed by atoms with Crippen molar-refractivity contribution < 1.29 is 17.9 Å². The standard InChI is InChI=1S/C22H32N2O6S/c1-4-17(2)14-30-20-8-5-7-19(13-20)18(3)15-31(27,28)12-6-11-29-16-24-10-9-21(25)23-22(24)26/h5,7-10,13,17-18H,4,6,11-12,14-16H2,1-3H3,(H,23,25,26)/t17-,18-/m0/s1. The molecule has 172 valence electrons. The van der Waals surface area contributed by atoms with Crippen LogP contribution >= 0.6 is 0 Å². The molecule has 0 aliphatic heterocycles. The zero-order chi connectivity index (χ0) is 22.9. The van der Waals surface area contributed by atoms with E-state index >= 15 is 0 Å². The van der Waals surface area contributed by atoms with Gasteiger partial charge in [0, 0.05) is 18.9 Å². The Hall–Kier alpha value is -2.39. The number of aromatic amines is 1. The first kappa shape index (κ1) is 24.9. The van der Waals surface area contributed by atoms with Gasteiger partial charge in [-0.05, 0) is 36.0 Å². The number of hydrogen-bond acceptors (Lipinski definition) is 6. The van der Waals surface area contributed by atoms with E-state index < -0.39 is 21.1 Å². The van der Waals surface area contributed by atoms with Gasteiger partial charge in [-0.25, -0.2) is 13.2 Å². The number of ether oxygens (including phenoxy) is 2. The van der Waals surface area contributed by atoms with Crippen molar-refractivity contribution in [3.05, 3.63) is 62.9 Å². The molecule has 0 unspecified atom stereocenters. The molecule has 1 aromatic carbocycles. The lowest BCUT2D eigenvalue weighted by Gasteiger charge is -2.15. The maximum atomic E-state index is 12.5. The van der Waals surface area contributed by atoms with Crippen LogP contribution in [0.1, 0.15) is 45.1 Å². The Labute approximate surface area is 183 Å². The van der Waals surface area contributed by atoms with Gasteiger partial charge in [0.15, 0.2) is 9.84 Å². The summed E-state index contributed by atoms with van der Waals surface area (Å²) in [6.07, 6.45) is 2.70. The van der Waals surface area contributed by atoms with Crippen molar-refractivity contribution in [2.75, 3.05) is 24.7 Å². The number of rotatable bonds is 13. The quantitative estimate of drug-likeness (QED) is 0.468. The summed E-state index contributed by atoms with van der Waals surface area (Å²) >= 11 is 0. The molecular formula is C22H32N2O6S. The molecule has 0 radical (unpaired) electrons.